The van der Waals surface area contributed by atoms with Crippen LogP contribution >= 0.6 is 0 Å². The molecular weight excluding hydrogens is 428 g/mol. The van der Waals surface area contributed by atoms with Gasteiger partial charge in [0.15, 0.2) is 0 Å². The number of benzene rings is 2. The summed E-state index contributed by atoms with van der Waals surface area (Å²) in [6.07, 6.45) is 7.09. The Morgan fingerprint density at radius 2 is 1.68 bits per heavy atom. The van der Waals surface area contributed by atoms with Crippen molar-refractivity contribution < 1.29 is 19.1 Å². The van der Waals surface area contributed by atoms with Crippen molar-refractivity contribution in [2.45, 2.75) is 76.9 Å². The van der Waals surface area contributed by atoms with Crippen LogP contribution in [0.1, 0.15) is 63.9 Å². The van der Waals surface area contributed by atoms with E-state index in [4.69, 9.17) is 9.47 Å². The van der Waals surface area contributed by atoms with Crippen molar-refractivity contribution in [1.29, 1.82) is 0 Å². The number of ether oxygens (including phenoxy) is 2. The number of hydrogen-bond donors (Lipinski definition) is 1. The maximum atomic E-state index is 13.3. The summed E-state index contributed by atoms with van der Waals surface area (Å²) in [6.45, 7) is 2.83. The Morgan fingerprint density at radius 3 is 2.32 bits per heavy atom. The summed E-state index contributed by atoms with van der Waals surface area (Å²) in [5, 5.41) is 3.22. The summed E-state index contributed by atoms with van der Waals surface area (Å²) >= 11 is 0. The van der Waals surface area contributed by atoms with Crippen LogP contribution < -0.4 is 14.8 Å². The van der Waals surface area contributed by atoms with Crippen LogP contribution in [0.25, 0.3) is 0 Å². The van der Waals surface area contributed by atoms with Gasteiger partial charge in [-0.25, -0.2) is 0 Å². The minimum absolute atomic E-state index is 0.0205. The molecule has 184 valence electrons. The number of hydrogen-bond acceptors (Lipinski definition) is 4. The number of methoxy groups -OCH3 is 1. The fourth-order valence-electron chi connectivity index (χ4n) is 4.47. The number of amides is 2. The van der Waals surface area contributed by atoms with Crippen molar-refractivity contribution in [3.63, 3.8) is 0 Å². The topological polar surface area (TPSA) is 67.9 Å². The Labute approximate surface area is 203 Å². The predicted molar refractivity (Wildman–Crippen MR) is 134 cm³/mol. The van der Waals surface area contributed by atoms with E-state index in [0.717, 1.165) is 42.7 Å². The zero-order valence-corrected chi connectivity index (χ0v) is 20.5. The van der Waals surface area contributed by atoms with Crippen molar-refractivity contribution in [3.05, 3.63) is 60.2 Å². The average Bonchev–Trinajstić information content (AvgIpc) is 2.88. The molecule has 1 fully saturated rings. The minimum Gasteiger partial charge on any atom is -0.497 e. The molecule has 1 atom stereocenters. The number of nitrogens with one attached hydrogen (secondary N) is 1. The third kappa shape index (κ3) is 7.79. The molecule has 0 saturated heterocycles. The van der Waals surface area contributed by atoms with Crippen LogP contribution in [0.2, 0.25) is 0 Å². The molecule has 1 aliphatic rings. The van der Waals surface area contributed by atoms with E-state index in [1.165, 1.54) is 6.42 Å². The zero-order chi connectivity index (χ0) is 24.2. The fourth-order valence-corrected chi connectivity index (χ4v) is 4.47. The van der Waals surface area contributed by atoms with Gasteiger partial charge in [0.2, 0.25) is 11.8 Å². The number of rotatable bonds is 12. The Balaban J connectivity index is 1.60. The van der Waals surface area contributed by atoms with Gasteiger partial charge in [-0.2, -0.15) is 0 Å². The second-order valence-electron chi connectivity index (χ2n) is 8.90. The van der Waals surface area contributed by atoms with Gasteiger partial charge >= 0.3 is 0 Å². The normalized spacial score (nSPS) is 14.8. The van der Waals surface area contributed by atoms with E-state index in [1.807, 2.05) is 61.5 Å². The average molecular weight is 467 g/mol. The van der Waals surface area contributed by atoms with Crippen LogP contribution in [0.3, 0.4) is 0 Å². The maximum Gasteiger partial charge on any atom is 0.243 e. The molecule has 3 rings (SSSR count). The minimum atomic E-state index is -0.475. The van der Waals surface area contributed by atoms with Crippen molar-refractivity contribution >= 4 is 11.8 Å². The molecule has 0 radical (unpaired) electrons. The molecule has 0 aromatic heterocycles. The summed E-state index contributed by atoms with van der Waals surface area (Å²) in [5.74, 6) is 1.46. The molecule has 34 heavy (non-hydrogen) atoms. The van der Waals surface area contributed by atoms with Crippen LogP contribution in [0, 0.1) is 0 Å². The van der Waals surface area contributed by atoms with E-state index in [0.29, 0.717) is 32.4 Å². The van der Waals surface area contributed by atoms with Gasteiger partial charge in [-0.05, 0) is 55.5 Å². The summed E-state index contributed by atoms with van der Waals surface area (Å²) in [5.41, 5.74) is 1.02. The first-order chi connectivity index (χ1) is 16.6. The van der Waals surface area contributed by atoms with Gasteiger partial charge in [0.25, 0.3) is 0 Å². The van der Waals surface area contributed by atoms with E-state index in [1.54, 1.807) is 12.0 Å². The van der Waals surface area contributed by atoms with Gasteiger partial charge < -0.3 is 19.7 Å². The molecule has 2 aromatic rings. The first-order valence-corrected chi connectivity index (χ1v) is 12.5. The number of carbonyl (C=O) groups is 2. The molecule has 1 unspecified atom stereocenters. The first kappa shape index (κ1) is 25.6. The zero-order valence-electron chi connectivity index (χ0n) is 20.5. The lowest BCUT2D eigenvalue weighted by Gasteiger charge is -2.33. The van der Waals surface area contributed by atoms with Gasteiger partial charge in [0, 0.05) is 19.0 Å². The van der Waals surface area contributed by atoms with Crippen LogP contribution in [0.4, 0.5) is 0 Å². The lowest BCUT2D eigenvalue weighted by atomic mass is 9.95. The summed E-state index contributed by atoms with van der Waals surface area (Å²) in [7, 11) is 1.63. The Kier molecular flexibility index (Phi) is 10.3. The van der Waals surface area contributed by atoms with Gasteiger partial charge in [-0.3, -0.25) is 9.59 Å². The third-order valence-electron chi connectivity index (χ3n) is 6.40. The van der Waals surface area contributed by atoms with E-state index in [-0.39, 0.29) is 17.9 Å². The lowest BCUT2D eigenvalue weighted by Crippen LogP contribution is -2.51. The first-order valence-electron chi connectivity index (χ1n) is 12.5. The molecule has 1 N–H and O–H groups in total. The molecule has 0 heterocycles. The molecule has 6 heteroatoms. The van der Waals surface area contributed by atoms with E-state index >= 15 is 0 Å². The van der Waals surface area contributed by atoms with E-state index in [2.05, 4.69) is 5.32 Å². The van der Waals surface area contributed by atoms with Gasteiger partial charge in [-0.1, -0.05) is 56.5 Å². The molecule has 1 aliphatic carbocycles. The summed E-state index contributed by atoms with van der Waals surface area (Å²) < 4.78 is 10.9. The fraction of sp³-hybridized carbons (Fsp3) is 0.500. The van der Waals surface area contributed by atoms with Crippen LogP contribution in [0.15, 0.2) is 54.6 Å². The van der Waals surface area contributed by atoms with Crippen LogP contribution in [0.5, 0.6) is 11.5 Å². The van der Waals surface area contributed by atoms with Crippen molar-refractivity contribution in [2.75, 3.05) is 13.7 Å². The molecule has 2 aromatic carbocycles. The van der Waals surface area contributed by atoms with Crippen LogP contribution in [-0.2, 0) is 16.1 Å². The van der Waals surface area contributed by atoms with Crippen molar-refractivity contribution in [2.24, 2.45) is 0 Å². The second kappa shape index (κ2) is 13.6. The molecule has 2 amide bonds. The van der Waals surface area contributed by atoms with Crippen LogP contribution in [-0.4, -0.2) is 42.5 Å². The SMILES string of the molecule is CCC(C(=O)NC1CCCCC1)N(Cc1ccccc1)C(=O)CCCOc1ccc(OC)cc1. The highest BCUT2D eigenvalue weighted by Crippen LogP contribution is 2.20. The third-order valence-corrected chi connectivity index (χ3v) is 6.40. The molecular formula is C28H38N2O4. The standard InChI is InChI=1S/C28H38N2O4/c1-3-26(28(32)29-23-13-8-5-9-14-23)30(21-22-11-6-4-7-12-22)27(31)15-10-20-34-25-18-16-24(33-2)17-19-25/h4,6-7,11-12,16-19,23,26H,3,5,8-10,13-15,20-21H2,1-2H3,(H,29,32). The van der Waals surface area contributed by atoms with Crippen molar-refractivity contribution in [3.8, 4) is 11.5 Å². The van der Waals surface area contributed by atoms with Gasteiger partial charge in [0.1, 0.15) is 17.5 Å². The highest BCUT2D eigenvalue weighted by atomic mass is 16.5. The molecule has 0 bridgehead atoms. The molecule has 1 saturated carbocycles. The predicted octanol–water partition coefficient (Wildman–Crippen LogP) is 5.11. The number of carbonyl (C=O) groups excluding carboxylic acids is 2. The second-order valence-corrected chi connectivity index (χ2v) is 8.90. The van der Waals surface area contributed by atoms with Gasteiger partial charge in [-0.15, -0.1) is 0 Å². The maximum absolute atomic E-state index is 13.3. The van der Waals surface area contributed by atoms with Crippen molar-refractivity contribution in [1.82, 2.24) is 10.2 Å². The quantitative estimate of drug-likeness (QED) is 0.442. The Hall–Kier alpha value is -3.02. The summed E-state index contributed by atoms with van der Waals surface area (Å²) in [4.78, 5) is 28.3. The Bertz CT molecular complexity index is 879. The smallest absolute Gasteiger partial charge is 0.243 e. The summed E-state index contributed by atoms with van der Waals surface area (Å²) in [6, 6.07) is 17.0. The molecule has 0 spiro atoms. The monoisotopic (exact) mass is 466 g/mol. The highest BCUT2D eigenvalue weighted by molar-refractivity contribution is 5.87. The van der Waals surface area contributed by atoms with Gasteiger partial charge in [0.05, 0.1) is 13.7 Å². The largest absolute Gasteiger partial charge is 0.497 e. The highest BCUT2D eigenvalue weighted by Gasteiger charge is 2.30. The lowest BCUT2D eigenvalue weighted by molar-refractivity contribution is -0.142. The Morgan fingerprint density at radius 1 is 1.00 bits per heavy atom. The number of nitrogens with zero attached hydrogens (tertiary/aromatic N) is 1. The molecule has 0 aliphatic heterocycles. The van der Waals surface area contributed by atoms with E-state index in [9.17, 15) is 9.59 Å². The molecule has 6 nitrogen and oxygen atoms in total. The van der Waals surface area contributed by atoms with E-state index < -0.39 is 6.04 Å².